The average Bonchev–Trinajstić information content (AvgIpc) is 3.69. The molecule has 0 unspecified atom stereocenters. The van der Waals surface area contributed by atoms with Gasteiger partial charge in [-0.05, 0) is 48.4 Å². The minimum atomic E-state index is -4.00. The molecule has 204 valence electrons. The molecule has 2 saturated heterocycles. The average molecular weight is 570 g/mol. The highest BCUT2D eigenvalue weighted by atomic mass is 32.2. The molecule has 12 nitrogen and oxygen atoms in total. The molecule has 5 rings (SSSR count). The number of esters is 1. The van der Waals surface area contributed by atoms with E-state index in [1.165, 1.54) is 18.2 Å². The van der Waals surface area contributed by atoms with Gasteiger partial charge in [-0.3, -0.25) is 4.79 Å². The monoisotopic (exact) mass is 569 g/mol. The van der Waals surface area contributed by atoms with Crippen molar-refractivity contribution < 1.29 is 22.7 Å². The summed E-state index contributed by atoms with van der Waals surface area (Å²) in [5.74, 6) is -0.924. The van der Waals surface area contributed by atoms with Crippen LogP contribution in [0.25, 0.3) is 10.8 Å². The number of nitriles is 1. The minimum Gasteiger partial charge on any atom is -0.467 e. The van der Waals surface area contributed by atoms with Gasteiger partial charge >= 0.3 is 5.97 Å². The van der Waals surface area contributed by atoms with Gasteiger partial charge in [0.15, 0.2) is 9.34 Å². The second-order valence-electron chi connectivity index (χ2n) is 9.43. The molecule has 2 aromatic heterocycles. The number of fused-ring (bicyclic) bond motifs is 1. The first-order valence-corrected chi connectivity index (χ1v) is 14.7. The van der Waals surface area contributed by atoms with Crippen molar-refractivity contribution in [2.75, 3.05) is 37.4 Å². The number of nitrogen functional groups attached to an aromatic ring is 1. The number of nitrogens with zero attached hydrogens (tertiary/aromatic N) is 5. The standard InChI is InChI=1S/C25H27N7O5S2/c1-37-24(34)20(12-16-10-15-4-6-28-22(27)18(15)11-17(16)13-26)32-9-5-19(23(32)33)30-39(35,36)21-14-29-25(38-21)31-7-2-3-8-31/h4,6,10-11,14,19-20,30H,2-3,5,7-9,12H2,1H3,(H2,27,28)/t19-,20+/m0/s1. The zero-order valence-electron chi connectivity index (χ0n) is 21.2. The van der Waals surface area contributed by atoms with Crippen LogP contribution in [0.3, 0.4) is 0 Å². The SMILES string of the molecule is COC(=O)[C@@H](Cc1cc2ccnc(N)c2cc1C#N)N1CC[C@H](NS(=O)(=O)c2cnc(N3CCCC3)s2)C1=O. The van der Waals surface area contributed by atoms with Crippen LogP contribution in [0.5, 0.6) is 0 Å². The van der Waals surface area contributed by atoms with E-state index in [-0.39, 0.29) is 29.4 Å². The molecule has 2 aliphatic rings. The first-order valence-electron chi connectivity index (χ1n) is 12.4. The lowest BCUT2D eigenvalue weighted by atomic mass is 9.96. The van der Waals surface area contributed by atoms with E-state index in [0.717, 1.165) is 42.7 Å². The van der Waals surface area contributed by atoms with Gasteiger partial charge in [0.05, 0.1) is 24.9 Å². The summed E-state index contributed by atoms with van der Waals surface area (Å²) < 4.78 is 33.7. The third kappa shape index (κ3) is 5.25. The van der Waals surface area contributed by atoms with Crippen LogP contribution in [0.1, 0.15) is 30.4 Å². The number of nitrogens with two attached hydrogens (primary N) is 1. The largest absolute Gasteiger partial charge is 0.467 e. The van der Waals surface area contributed by atoms with E-state index in [0.29, 0.717) is 21.6 Å². The van der Waals surface area contributed by atoms with Crippen molar-refractivity contribution in [1.82, 2.24) is 19.6 Å². The maximum absolute atomic E-state index is 13.4. The lowest BCUT2D eigenvalue weighted by Gasteiger charge is -2.26. The fourth-order valence-electron chi connectivity index (χ4n) is 5.02. The summed E-state index contributed by atoms with van der Waals surface area (Å²) in [6.07, 6.45) is 5.10. The van der Waals surface area contributed by atoms with Gasteiger partial charge in [0.1, 0.15) is 17.9 Å². The third-order valence-corrected chi connectivity index (χ3v) is 10.0. The lowest BCUT2D eigenvalue weighted by Crippen LogP contribution is -2.48. The first-order chi connectivity index (χ1) is 18.7. The molecule has 0 spiro atoms. The van der Waals surface area contributed by atoms with Crippen LogP contribution in [0.4, 0.5) is 10.9 Å². The summed E-state index contributed by atoms with van der Waals surface area (Å²) in [5, 5.41) is 11.7. The molecule has 3 N–H and O–H groups in total. The fraction of sp³-hybridized carbons (Fsp3) is 0.400. The second kappa shape index (κ2) is 10.8. The molecule has 14 heteroatoms. The number of sulfonamides is 1. The number of ether oxygens (including phenoxy) is 1. The number of thiazole rings is 1. The predicted molar refractivity (Wildman–Crippen MR) is 144 cm³/mol. The number of carbonyl (C=O) groups excluding carboxylic acids is 2. The van der Waals surface area contributed by atoms with Crippen molar-refractivity contribution in [1.29, 1.82) is 5.26 Å². The van der Waals surface area contributed by atoms with Crippen molar-refractivity contribution in [2.45, 2.75) is 42.0 Å². The van der Waals surface area contributed by atoms with Gasteiger partial charge < -0.3 is 20.3 Å². The number of rotatable bonds is 8. The molecule has 1 aromatic carbocycles. The van der Waals surface area contributed by atoms with E-state index < -0.39 is 34.0 Å². The zero-order valence-corrected chi connectivity index (χ0v) is 22.8. The van der Waals surface area contributed by atoms with Crippen LogP contribution in [0.2, 0.25) is 0 Å². The second-order valence-corrected chi connectivity index (χ2v) is 12.4. The molecule has 0 bridgehead atoms. The summed E-state index contributed by atoms with van der Waals surface area (Å²) in [4.78, 5) is 37.9. The normalized spacial score (nSPS) is 18.5. The summed E-state index contributed by atoms with van der Waals surface area (Å²) in [7, 11) is -2.79. The van der Waals surface area contributed by atoms with Gasteiger partial charge in [0, 0.05) is 37.6 Å². The Labute approximate surface area is 229 Å². The van der Waals surface area contributed by atoms with Crippen molar-refractivity contribution in [2.24, 2.45) is 0 Å². The zero-order chi connectivity index (χ0) is 27.7. The Kier molecular flexibility index (Phi) is 7.39. The van der Waals surface area contributed by atoms with Crippen LogP contribution < -0.4 is 15.4 Å². The lowest BCUT2D eigenvalue weighted by molar-refractivity contribution is -0.151. The quantitative estimate of drug-likeness (QED) is 0.378. The molecule has 1 amide bonds. The van der Waals surface area contributed by atoms with Gasteiger partial charge in [0.25, 0.3) is 10.0 Å². The first kappa shape index (κ1) is 26.8. The molecule has 0 aliphatic carbocycles. The minimum absolute atomic E-state index is 0.00693. The van der Waals surface area contributed by atoms with Crippen LogP contribution in [0, 0.1) is 11.3 Å². The number of hydrogen-bond donors (Lipinski definition) is 2. The van der Waals surface area contributed by atoms with E-state index >= 15 is 0 Å². The highest BCUT2D eigenvalue weighted by molar-refractivity contribution is 7.91. The molecule has 0 saturated carbocycles. The summed E-state index contributed by atoms with van der Waals surface area (Å²) in [6, 6.07) is 5.11. The van der Waals surface area contributed by atoms with E-state index in [4.69, 9.17) is 10.5 Å². The number of anilines is 2. The van der Waals surface area contributed by atoms with Crippen molar-refractivity contribution in [3.8, 4) is 6.07 Å². The van der Waals surface area contributed by atoms with Crippen LogP contribution in [-0.2, 0) is 30.8 Å². The van der Waals surface area contributed by atoms with Crippen molar-refractivity contribution >= 4 is 55.0 Å². The molecule has 2 atom stereocenters. The molecule has 39 heavy (non-hydrogen) atoms. The molecular weight excluding hydrogens is 542 g/mol. The molecule has 2 aliphatic heterocycles. The third-order valence-electron chi connectivity index (χ3n) is 7.05. The van der Waals surface area contributed by atoms with Gasteiger partial charge in [-0.2, -0.15) is 9.98 Å². The van der Waals surface area contributed by atoms with Crippen molar-refractivity contribution in [3.05, 3.63) is 41.7 Å². The van der Waals surface area contributed by atoms with E-state index in [9.17, 15) is 23.3 Å². The van der Waals surface area contributed by atoms with Gasteiger partial charge in [-0.15, -0.1) is 0 Å². The summed E-state index contributed by atoms with van der Waals surface area (Å²) >= 11 is 1.07. The number of methoxy groups -OCH3 is 1. The van der Waals surface area contributed by atoms with Crippen LogP contribution in [0.15, 0.2) is 34.8 Å². The van der Waals surface area contributed by atoms with Gasteiger partial charge in [0.2, 0.25) is 5.91 Å². The molecular formula is C25H27N7O5S2. The Hall–Kier alpha value is -3.80. The number of nitrogens with one attached hydrogen (secondary N) is 1. The van der Waals surface area contributed by atoms with E-state index in [2.05, 4.69) is 20.8 Å². The number of aromatic nitrogens is 2. The summed E-state index contributed by atoms with van der Waals surface area (Å²) in [6.45, 7) is 1.81. The number of hydrogen-bond acceptors (Lipinski definition) is 11. The molecule has 2 fully saturated rings. The Morgan fingerprint density at radius 1 is 1.31 bits per heavy atom. The van der Waals surface area contributed by atoms with Gasteiger partial charge in [-0.1, -0.05) is 11.3 Å². The Morgan fingerprint density at radius 3 is 2.79 bits per heavy atom. The Morgan fingerprint density at radius 2 is 2.08 bits per heavy atom. The van der Waals surface area contributed by atoms with Gasteiger partial charge in [-0.25, -0.2) is 23.2 Å². The number of likely N-dealkylation sites (tertiary alicyclic amines) is 1. The van der Waals surface area contributed by atoms with Crippen molar-refractivity contribution in [3.63, 3.8) is 0 Å². The maximum atomic E-state index is 13.4. The highest BCUT2D eigenvalue weighted by Crippen LogP contribution is 2.30. The van der Waals surface area contributed by atoms with E-state index in [1.54, 1.807) is 24.4 Å². The maximum Gasteiger partial charge on any atom is 0.328 e. The molecule has 3 aromatic rings. The Balaban J connectivity index is 1.36. The van der Waals surface area contributed by atoms with Crippen LogP contribution >= 0.6 is 11.3 Å². The topological polar surface area (TPSA) is 172 Å². The summed E-state index contributed by atoms with van der Waals surface area (Å²) in [5.41, 5.74) is 6.77. The number of amides is 1. The smallest absolute Gasteiger partial charge is 0.328 e. The van der Waals surface area contributed by atoms with E-state index in [1.807, 2.05) is 4.90 Å². The van der Waals surface area contributed by atoms with Crippen LogP contribution in [-0.4, -0.2) is 74.0 Å². The Bertz CT molecular complexity index is 1580. The number of benzene rings is 1. The number of pyridine rings is 1. The molecule has 0 radical (unpaired) electrons. The fourth-order valence-corrected chi connectivity index (χ4v) is 7.43. The molecule has 4 heterocycles. The number of carbonyl (C=O) groups is 2. The highest BCUT2D eigenvalue weighted by Gasteiger charge is 2.42. The predicted octanol–water partition coefficient (Wildman–Crippen LogP) is 1.41.